The van der Waals surface area contributed by atoms with Crippen LogP contribution in [-0.2, 0) is 0 Å². The number of rotatable bonds is 5. The van der Waals surface area contributed by atoms with E-state index in [-0.39, 0.29) is 0 Å². The van der Waals surface area contributed by atoms with Gasteiger partial charge in [0.1, 0.15) is 11.6 Å². The molecule has 138 valence electrons. The first-order valence-corrected chi connectivity index (χ1v) is 9.42. The number of aromatic amines is 1. The summed E-state index contributed by atoms with van der Waals surface area (Å²) in [5.41, 5.74) is 2.13. The average Bonchev–Trinajstić information content (AvgIpc) is 3.12. The van der Waals surface area contributed by atoms with Crippen molar-refractivity contribution in [3.8, 4) is 0 Å². The molecule has 1 aliphatic heterocycles. The second-order valence-corrected chi connectivity index (χ2v) is 6.82. The maximum atomic E-state index is 4.78. The highest BCUT2D eigenvalue weighted by Gasteiger charge is 2.14. The zero-order chi connectivity index (χ0) is 18.5. The third kappa shape index (κ3) is 4.53. The van der Waals surface area contributed by atoms with Gasteiger partial charge in [0.15, 0.2) is 11.6 Å². The van der Waals surface area contributed by atoms with Crippen molar-refractivity contribution >= 4 is 29.6 Å². The fraction of sp³-hybridized carbons (Fsp3) is 0.286. The Morgan fingerprint density at radius 1 is 0.963 bits per heavy atom. The number of piperidine rings is 1. The number of aryl methyl sites for hydroxylation is 1. The molecule has 0 spiro atoms. The van der Waals surface area contributed by atoms with Crippen molar-refractivity contribution in [3.63, 3.8) is 0 Å². The van der Waals surface area contributed by atoms with Gasteiger partial charge in [0, 0.05) is 30.9 Å². The van der Waals surface area contributed by atoms with Gasteiger partial charge in [-0.05, 0) is 37.8 Å². The zero-order valence-electron chi connectivity index (χ0n) is 15.5. The number of aromatic nitrogens is 4. The second-order valence-electron chi connectivity index (χ2n) is 6.82. The van der Waals surface area contributed by atoms with Gasteiger partial charge in [0.05, 0.1) is 0 Å². The first-order chi connectivity index (χ1) is 13.3. The third-order valence-electron chi connectivity index (χ3n) is 4.60. The zero-order valence-corrected chi connectivity index (χ0v) is 15.5. The first kappa shape index (κ1) is 17.3. The predicted octanol–water partition coefficient (Wildman–Crippen LogP) is 4.41. The van der Waals surface area contributed by atoms with Crippen molar-refractivity contribution in [1.82, 2.24) is 20.2 Å². The smallest absolute Gasteiger partial charge is 0.156 e. The normalized spacial score (nSPS) is 14.6. The van der Waals surface area contributed by atoms with Crippen molar-refractivity contribution < 1.29 is 0 Å². The van der Waals surface area contributed by atoms with Crippen LogP contribution in [-0.4, -0.2) is 33.3 Å². The Balaban J connectivity index is 1.64. The molecule has 0 unspecified atom stereocenters. The molecule has 2 N–H and O–H groups in total. The Kier molecular flexibility index (Phi) is 5.14. The molecule has 4 rings (SSSR count). The lowest BCUT2D eigenvalue weighted by Crippen LogP contribution is -2.30. The van der Waals surface area contributed by atoms with E-state index in [9.17, 15) is 0 Å². The quantitative estimate of drug-likeness (QED) is 0.705. The topological polar surface area (TPSA) is 69.7 Å². The molecule has 27 heavy (non-hydrogen) atoms. The molecule has 0 bridgehead atoms. The monoisotopic (exact) mass is 360 g/mol. The molecule has 2 aromatic heterocycles. The van der Waals surface area contributed by atoms with E-state index in [4.69, 9.17) is 4.98 Å². The summed E-state index contributed by atoms with van der Waals surface area (Å²) >= 11 is 0. The Bertz CT molecular complexity index is 909. The molecular formula is C21H24N6. The van der Waals surface area contributed by atoms with E-state index in [1.807, 2.05) is 49.4 Å². The fourth-order valence-electron chi connectivity index (χ4n) is 3.22. The molecule has 1 saturated heterocycles. The molecule has 0 atom stereocenters. The molecule has 3 heterocycles. The largest absolute Gasteiger partial charge is 0.356 e. The van der Waals surface area contributed by atoms with Gasteiger partial charge >= 0.3 is 0 Å². The van der Waals surface area contributed by atoms with Crippen LogP contribution in [0.1, 0.15) is 36.3 Å². The van der Waals surface area contributed by atoms with E-state index in [1.54, 1.807) is 0 Å². The highest BCUT2D eigenvalue weighted by atomic mass is 15.2. The van der Waals surface area contributed by atoms with E-state index >= 15 is 0 Å². The van der Waals surface area contributed by atoms with Crippen LogP contribution in [0.2, 0.25) is 0 Å². The van der Waals surface area contributed by atoms with Crippen LogP contribution in [0.4, 0.5) is 17.5 Å². The maximum Gasteiger partial charge on any atom is 0.156 e. The summed E-state index contributed by atoms with van der Waals surface area (Å²) in [4.78, 5) is 11.8. The molecular weight excluding hydrogens is 336 g/mol. The Morgan fingerprint density at radius 3 is 2.52 bits per heavy atom. The number of benzene rings is 1. The number of nitrogens with one attached hydrogen (secondary N) is 2. The SMILES string of the molecule is Cc1cc(Nc2cc(N3CCCCC3)nc(/C=C/c3ccccc3)n2)n[nH]1. The van der Waals surface area contributed by atoms with Crippen LogP contribution >= 0.6 is 0 Å². The van der Waals surface area contributed by atoms with E-state index in [0.717, 1.165) is 41.8 Å². The second kappa shape index (κ2) is 8.03. The maximum absolute atomic E-state index is 4.78. The van der Waals surface area contributed by atoms with Crippen molar-refractivity contribution in [3.05, 3.63) is 59.5 Å². The van der Waals surface area contributed by atoms with Crippen LogP contribution in [0.15, 0.2) is 42.5 Å². The lowest BCUT2D eigenvalue weighted by atomic mass is 10.1. The van der Waals surface area contributed by atoms with E-state index < -0.39 is 0 Å². The third-order valence-corrected chi connectivity index (χ3v) is 4.60. The van der Waals surface area contributed by atoms with Crippen LogP contribution in [0.25, 0.3) is 12.2 Å². The van der Waals surface area contributed by atoms with Gasteiger partial charge in [-0.1, -0.05) is 36.4 Å². The summed E-state index contributed by atoms with van der Waals surface area (Å²) in [6, 6.07) is 14.2. The summed E-state index contributed by atoms with van der Waals surface area (Å²) in [5, 5.41) is 10.5. The summed E-state index contributed by atoms with van der Waals surface area (Å²) in [5.74, 6) is 3.17. The molecule has 0 aliphatic carbocycles. The van der Waals surface area contributed by atoms with Gasteiger partial charge in [-0.15, -0.1) is 0 Å². The van der Waals surface area contributed by atoms with Gasteiger partial charge in [-0.2, -0.15) is 5.10 Å². The summed E-state index contributed by atoms with van der Waals surface area (Å²) in [7, 11) is 0. The lowest BCUT2D eigenvalue weighted by Gasteiger charge is -2.28. The van der Waals surface area contributed by atoms with Gasteiger partial charge in [0.2, 0.25) is 0 Å². The van der Waals surface area contributed by atoms with E-state index in [1.165, 1.54) is 19.3 Å². The molecule has 6 nitrogen and oxygen atoms in total. The lowest BCUT2D eigenvalue weighted by molar-refractivity contribution is 0.573. The Morgan fingerprint density at radius 2 is 1.78 bits per heavy atom. The highest BCUT2D eigenvalue weighted by Crippen LogP contribution is 2.23. The summed E-state index contributed by atoms with van der Waals surface area (Å²) in [6.07, 6.45) is 7.71. The molecule has 1 fully saturated rings. The molecule has 0 saturated carbocycles. The average molecular weight is 360 g/mol. The van der Waals surface area contributed by atoms with Gasteiger partial charge in [0.25, 0.3) is 0 Å². The van der Waals surface area contributed by atoms with E-state index in [2.05, 4.69) is 37.5 Å². The molecule has 3 aromatic rings. The fourth-order valence-corrected chi connectivity index (χ4v) is 3.22. The highest BCUT2D eigenvalue weighted by molar-refractivity contribution is 5.69. The standard InChI is InChI=1S/C21H24N6/c1-16-14-20(26-25-16)23-19-15-21(27-12-6-3-7-13-27)24-18(22-19)11-10-17-8-4-2-5-9-17/h2,4-5,8-11,14-15H,3,6-7,12-13H2,1H3,(H2,22,23,24,25,26)/b11-10+. The minimum atomic E-state index is 0.691. The Labute approximate surface area is 159 Å². The van der Waals surface area contributed by atoms with Crippen LogP contribution in [0.5, 0.6) is 0 Å². The molecule has 0 radical (unpaired) electrons. The first-order valence-electron chi connectivity index (χ1n) is 9.42. The van der Waals surface area contributed by atoms with Crippen molar-refractivity contribution in [2.45, 2.75) is 26.2 Å². The number of hydrogen-bond acceptors (Lipinski definition) is 5. The van der Waals surface area contributed by atoms with Crippen molar-refractivity contribution in [2.75, 3.05) is 23.3 Å². The van der Waals surface area contributed by atoms with Gasteiger partial charge < -0.3 is 10.2 Å². The van der Waals surface area contributed by atoms with Crippen LogP contribution in [0, 0.1) is 6.92 Å². The van der Waals surface area contributed by atoms with Crippen molar-refractivity contribution in [1.29, 1.82) is 0 Å². The van der Waals surface area contributed by atoms with Gasteiger partial charge in [-0.25, -0.2) is 9.97 Å². The predicted molar refractivity (Wildman–Crippen MR) is 110 cm³/mol. The summed E-state index contributed by atoms with van der Waals surface area (Å²) in [6.45, 7) is 4.06. The molecule has 6 heteroatoms. The molecule has 1 aromatic carbocycles. The molecule has 0 amide bonds. The van der Waals surface area contributed by atoms with E-state index in [0.29, 0.717) is 5.82 Å². The van der Waals surface area contributed by atoms with Crippen LogP contribution in [0.3, 0.4) is 0 Å². The number of anilines is 3. The summed E-state index contributed by atoms with van der Waals surface area (Å²) < 4.78 is 0. The van der Waals surface area contributed by atoms with Crippen molar-refractivity contribution in [2.24, 2.45) is 0 Å². The number of nitrogens with zero attached hydrogens (tertiary/aromatic N) is 4. The number of H-pyrrole nitrogens is 1. The number of hydrogen-bond donors (Lipinski definition) is 2. The van der Waals surface area contributed by atoms with Crippen LogP contribution < -0.4 is 10.2 Å². The minimum absolute atomic E-state index is 0.691. The molecule has 1 aliphatic rings. The Hall–Kier alpha value is -3.15. The van der Waals surface area contributed by atoms with Gasteiger partial charge in [-0.3, -0.25) is 5.10 Å². The minimum Gasteiger partial charge on any atom is -0.356 e.